The van der Waals surface area contributed by atoms with Gasteiger partial charge in [-0.15, -0.1) is 17.3 Å². The van der Waals surface area contributed by atoms with E-state index in [-0.39, 0.29) is 0 Å². The molecule has 0 amide bonds. The monoisotopic (exact) mass is 152 g/mol. The smallest absolute Gasteiger partial charge is 0.149 e. The van der Waals surface area contributed by atoms with Gasteiger partial charge >= 0.3 is 0 Å². The second-order valence-corrected chi connectivity index (χ2v) is 2.45. The van der Waals surface area contributed by atoms with E-state index in [1.807, 2.05) is 16.8 Å². The Labute approximate surface area is 64.6 Å². The van der Waals surface area contributed by atoms with E-state index < -0.39 is 0 Å². The Morgan fingerprint density at radius 2 is 2.60 bits per heavy atom. The van der Waals surface area contributed by atoms with Crippen LogP contribution in [0.15, 0.2) is 16.8 Å². The molecule has 0 aliphatic carbocycles. The third-order valence-corrected chi connectivity index (χ3v) is 1.64. The normalized spacial score (nSPS) is 8.10. The van der Waals surface area contributed by atoms with Crippen LogP contribution in [0.1, 0.15) is 6.92 Å². The maximum absolute atomic E-state index is 5.22. The zero-order valence-electron chi connectivity index (χ0n) is 5.76. The molecular weight excluding hydrogens is 144 g/mol. The Morgan fingerprint density at radius 1 is 1.70 bits per heavy atom. The number of thiophene rings is 1. The fourth-order valence-corrected chi connectivity index (χ4v) is 1.10. The van der Waals surface area contributed by atoms with E-state index in [1.54, 1.807) is 18.3 Å². The van der Waals surface area contributed by atoms with Crippen molar-refractivity contribution in [3.63, 3.8) is 0 Å². The fraction of sp³-hybridized carbons (Fsp3) is 0.250. The van der Waals surface area contributed by atoms with Gasteiger partial charge in [0.25, 0.3) is 0 Å². The van der Waals surface area contributed by atoms with Gasteiger partial charge in [-0.25, -0.2) is 0 Å². The summed E-state index contributed by atoms with van der Waals surface area (Å²) in [6.45, 7) is 2.30. The summed E-state index contributed by atoms with van der Waals surface area (Å²) in [5, 5.41) is 3.94. The van der Waals surface area contributed by atoms with Gasteiger partial charge in [-0.2, -0.15) is 0 Å². The molecule has 0 bridgehead atoms. The predicted octanol–water partition coefficient (Wildman–Crippen LogP) is 2.15. The van der Waals surface area contributed by atoms with Gasteiger partial charge in [0.05, 0.1) is 0 Å². The average Bonchev–Trinajstić information content (AvgIpc) is 2.41. The van der Waals surface area contributed by atoms with E-state index >= 15 is 0 Å². The van der Waals surface area contributed by atoms with Crippen LogP contribution >= 0.6 is 11.3 Å². The van der Waals surface area contributed by atoms with Crippen LogP contribution in [0.5, 0.6) is 5.75 Å². The summed E-state index contributed by atoms with van der Waals surface area (Å²) in [6, 6.07) is 1.93. The van der Waals surface area contributed by atoms with Gasteiger partial charge < -0.3 is 4.74 Å². The first-order chi connectivity index (χ1) is 4.93. The molecule has 0 unspecified atom stereocenters. The lowest BCUT2D eigenvalue weighted by Gasteiger charge is -1.94. The molecule has 0 atom stereocenters. The predicted molar refractivity (Wildman–Crippen MR) is 43.3 cm³/mol. The fourth-order valence-electron chi connectivity index (χ4n) is 0.526. The van der Waals surface area contributed by atoms with E-state index in [0.717, 1.165) is 5.75 Å². The van der Waals surface area contributed by atoms with Crippen molar-refractivity contribution in [2.45, 2.75) is 6.92 Å². The largest absolute Gasteiger partial charge is 0.480 e. The SMILES string of the molecule is CC#CCOc1ccsc1. The molecule has 1 nitrogen and oxygen atoms in total. The van der Waals surface area contributed by atoms with Crippen molar-refractivity contribution in [1.29, 1.82) is 0 Å². The Kier molecular flexibility index (Phi) is 2.85. The number of hydrogen-bond acceptors (Lipinski definition) is 2. The summed E-state index contributed by atoms with van der Waals surface area (Å²) in [4.78, 5) is 0. The molecule has 0 saturated heterocycles. The minimum atomic E-state index is 0.493. The molecule has 0 spiro atoms. The zero-order chi connectivity index (χ0) is 7.23. The topological polar surface area (TPSA) is 9.23 Å². The molecule has 0 aliphatic rings. The molecular formula is C8H8OS. The first-order valence-electron chi connectivity index (χ1n) is 2.98. The molecule has 1 aromatic heterocycles. The zero-order valence-corrected chi connectivity index (χ0v) is 6.57. The Balaban J connectivity index is 2.32. The molecule has 0 aromatic carbocycles. The van der Waals surface area contributed by atoms with Gasteiger partial charge in [-0.05, 0) is 18.4 Å². The van der Waals surface area contributed by atoms with E-state index in [2.05, 4.69) is 11.8 Å². The minimum Gasteiger partial charge on any atom is -0.480 e. The third-order valence-electron chi connectivity index (χ3n) is 0.983. The van der Waals surface area contributed by atoms with Crippen LogP contribution in [-0.2, 0) is 0 Å². The molecule has 0 N–H and O–H groups in total. The van der Waals surface area contributed by atoms with Crippen LogP contribution in [0.4, 0.5) is 0 Å². The van der Waals surface area contributed by atoms with Gasteiger partial charge in [-0.3, -0.25) is 0 Å². The van der Waals surface area contributed by atoms with Crippen LogP contribution in [-0.4, -0.2) is 6.61 Å². The quantitative estimate of drug-likeness (QED) is 0.590. The summed E-state index contributed by atoms with van der Waals surface area (Å²) < 4.78 is 5.22. The van der Waals surface area contributed by atoms with Crippen molar-refractivity contribution < 1.29 is 4.74 Å². The maximum Gasteiger partial charge on any atom is 0.149 e. The molecule has 0 saturated carbocycles. The summed E-state index contributed by atoms with van der Waals surface area (Å²) in [6.07, 6.45) is 0. The van der Waals surface area contributed by atoms with E-state index in [0.29, 0.717) is 6.61 Å². The van der Waals surface area contributed by atoms with Crippen LogP contribution < -0.4 is 4.74 Å². The van der Waals surface area contributed by atoms with Crippen LogP contribution in [0.25, 0.3) is 0 Å². The Bertz CT molecular complexity index is 228. The van der Waals surface area contributed by atoms with Crippen LogP contribution in [0.2, 0.25) is 0 Å². The lowest BCUT2D eigenvalue weighted by Crippen LogP contribution is -1.90. The molecule has 1 heterocycles. The second kappa shape index (κ2) is 3.97. The van der Waals surface area contributed by atoms with Gasteiger partial charge in [0, 0.05) is 5.38 Å². The highest BCUT2D eigenvalue weighted by molar-refractivity contribution is 7.08. The lowest BCUT2D eigenvalue weighted by molar-refractivity contribution is 0.372. The lowest BCUT2D eigenvalue weighted by atomic mass is 10.6. The highest BCUT2D eigenvalue weighted by atomic mass is 32.1. The van der Waals surface area contributed by atoms with Gasteiger partial charge in [-0.1, -0.05) is 5.92 Å². The molecule has 1 aromatic rings. The van der Waals surface area contributed by atoms with E-state index in [4.69, 9.17) is 4.74 Å². The Hall–Kier alpha value is -0.940. The van der Waals surface area contributed by atoms with Crippen LogP contribution in [0, 0.1) is 11.8 Å². The summed E-state index contributed by atoms with van der Waals surface area (Å²) in [7, 11) is 0. The number of ether oxygens (including phenoxy) is 1. The third kappa shape index (κ3) is 2.12. The average molecular weight is 152 g/mol. The molecule has 52 valence electrons. The Morgan fingerprint density at radius 3 is 3.20 bits per heavy atom. The molecule has 10 heavy (non-hydrogen) atoms. The van der Waals surface area contributed by atoms with Gasteiger partial charge in [0.15, 0.2) is 0 Å². The number of hydrogen-bond donors (Lipinski definition) is 0. The first kappa shape index (κ1) is 7.17. The van der Waals surface area contributed by atoms with Gasteiger partial charge in [0.1, 0.15) is 12.4 Å². The van der Waals surface area contributed by atoms with Crippen molar-refractivity contribution in [2.24, 2.45) is 0 Å². The maximum atomic E-state index is 5.22. The van der Waals surface area contributed by atoms with E-state index in [1.165, 1.54) is 0 Å². The number of rotatable bonds is 2. The summed E-state index contributed by atoms with van der Waals surface area (Å²) in [5.41, 5.74) is 0. The first-order valence-corrected chi connectivity index (χ1v) is 3.92. The van der Waals surface area contributed by atoms with Crippen molar-refractivity contribution >= 4 is 11.3 Å². The standard InChI is InChI=1S/C8H8OS/c1-2-3-5-9-8-4-6-10-7-8/h4,6-7H,5H2,1H3. The van der Waals surface area contributed by atoms with Crippen molar-refractivity contribution in [3.05, 3.63) is 16.8 Å². The van der Waals surface area contributed by atoms with E-state index in [9.17, 15) is 0 Å². The van der Waals surface area contributed by atoms with Gasteiger partial charge in [0.2, 0.25) is 0 Å². The summed E-state index contributed by atoms with van der Waals surface area (Å²) >= 11 is 1.62. The van der Waals surface area contributed by atoms with Crippen molar-refractivity contribution in [2.75, 3.05) is 6.61 Å². The van der Waals surface area contributed by atoms with Crippen molar-refractivity contribution in [1.82, 2.24) is 0 Å². The molecule has 1 rings (SSSR count). The highest BCUT2D eigenvalue weighted by Crippen LogP contribution is 2.13. The molecule has 0 radical (unpaired) electrons. The second-order valence-electron chi connectivity index (χ2n) is 1.67. The molecule has 0 fully saturated rings. The van der Waals surface area contributed by atoms with Crippen molar-refractivity contribution in [3.8, 4) is 17.6 Å². The minimum absolute atomic E-state index is 0.493. The molecule has 2 heteroatoms. The van der Waals surface area contributed by atoms with Crippen LogP contribution in [0.3, 0.4) is 0 Å². The molecule has 0 aliphatic heterocycles. The highest BCUT2D eigenvalue weighted by Gasteiger charge is 1.87. The summed E-state index contributed by atoms with van der Waals surface area (Å²) in [5.74, 6) is 6.49.